The maximum Gasteiger partial charge on any atom is 0.0969 e. The van der Waals surface area contributed by atoms with Gasteiger partial charge in [0.05, 0.1) is 11.0 Å². The first-order valence-electron chi connectivity index (χ1n) is 5.73. The lowest BCUT2D eigenvalue weighted by atomic mass is 10.1. The molecule has 0 N–H and O–H groups in total. The topological polar surface area (TPSA) is 23.6 Å². The van der Waals surface area contributed by atoms with Crippen molar-refractivity contribution >= 4 is 11.0 Å². The number of hydrogen-bond acceptors (Lipinski definition) is 2. The Morgan fingerprint density at radius 1 is 1.07 bits per heavy atom. The molecule has 1 saturated heterocycles. The summed E-state index contributed by atoms with van der Waals surface area (Å²) in [6.07, 6.45) is 0. The van der Waals surface area contributed by atoms with Crippen molar-refractivity contribution in [3.63, 3.8) is 0 Å². The van der Waals surface area contributed by atoms with Gasteiger partial charge in [0.2, 0.25) is 0 Å². The van der Waals surface area contributed by atoms with Gasteiger partial charge in [0.1, 0.15) is 0 Å². The predicted octanol–water partition coefficient (Wildman–Crippen LogP) is 1.47. The monoisotopic (exact) mass is 232 g/mol. The number of rotatable bonds is 2. The van der Waals surface area contributed by atoms with Crippen molar-refractivity contribution in [1.29, 1.82) is 0 Å². The Balaban J connectivity index is 2.46. The quantitative estimate of drug-likeness (QED) is 0.720. The van der Waals surface area contributed by atoms with Gasteiger partial charge in [0.25, 0.3) is 0 Å². The zero-order valence-corrected chi connectivity index (χ0v) is 11.4. The molecule has 1 atom stereocenters. The first-order chi connectivity index (χ1) is 6.82. The molecule has 0 aliphatic carbocycles. The molecule has 1 aliphatic heterocycles. The van der Waals surface area contributed by atoms with E-state index in [1.54, 1.807) is 0 Å². The second-order valence-electron chi connectivity index (χ2n) is 5.41. The lowest BCUT2D eigenvalue weighted by Gasteiger charge is -2.42. The van der Waals surface area contributed by atoms with Crippen LogP contribution in [0.15, 0.2) is 0 Å². The fourth-order valence-corrected chi connectivity index (χ4v) is 2.96. The van der Waals surface area contributed by atoms with Crippen LogP contribution in [0.25, 0.3) is 0 Å². The molecule has 0 radical (unpaired) electrons. The van der Waals surface area contributed by atoms with Crippen LogP contribution < -0.4 is 0 Å². The van der Waals surface area contributed by atoms with Gasteiger partial charge in [0.15, 0.2) is 0 Å². The highest BCUT2D eigenvalue weighted by atomic mass is 32.2. The molecular formula is C11H24N2OS. The van der Waals surface area contributed by atoms with Gasteiger partial charge in [-0.15, -0.1) is 0 Å². The highest BCUT2D eigenvalue weighted by Crippen LogP contribution is 2.17. The fraction of sp³-hybridized carbons (Fsp3) is 1.00. The minimum Gasteiger partial charge on any atom is -0.296 e. The predicted molar refractivity (Wildman–Crippen MR) is 66.2 cm³/mol. The summed E-state index contributed by atoms with van der Waals surface area (Å²) in [7, 11) is -0.793. The third kappa shape index (κ3) is 3.54. The second kappa shape index (κ2) is 4.93. The summed E-state index contributed by atoms with van der Waals surface area (Å²) >= 11 is 0. The lowest BCUT2D eigenvalue weighted by molar-refractivity contribution is 0.0938. The molecule has 1 heterocycles. The van der Waals surface area contributed by atoms with Gasteiger partial charge < -0.3 is 0 Å². The van der Waals surface area contributed by atoms with Gasteiger partial charge in [-0.2, -0.15) is 0 Å². The Kier molecular flexibility index (Phi) is 4.32. The minimum absolute atomic E-state index is 0.241. The Morgan fingerprint density at radius 2 is 1.53 bits per heavy atom. The molecule has 15 heavy (non-hydrogen) atoms. The SMILES string of the molecule is CC(C)S(=O)N1CCN(C(C)(C)C)CC1. The van der Waals surface area contributed by atoms with Crippen LogP contribution in [0.4, 0.5) is 0 Å². The van der Waals surface area contributed by atoms with Crippen molar-refractivity contribution in [2.24, 2.45) is 0 Å². The Hall–Kier alpha value is 0.0700. The van der Waals surface area contributed by atoms with E-state index in [-0.39, 0.29) is 10.8 Å². The third-order valence-corrected chi connectivity index (χ3v) is 4.53. The maximum atomic E-state index is 11.9. The molecule has 0 aromatic carbocycles. The Morgan fingerprint density at radius 3 is 1.87 bits per heavy atom. The molecule has 1 unspecified atom stereocenters. The Labute approximate surface area is 96.4 Å². The molecule has 0 aromatic heterocycles. The van der Waals surface area contributed by atoms with Crippen LogP contribution in [0.5, 0.6) is 0 Å². The number of nitrogens with zero attached hydrogens (tertiary/aromatic N) is 2. The third-order valence-electron chi connectivity index (χ3n) is 2.85. The second-order valence-corrected chi connectivity index (χ2v) is 7.42. The standard InChI is InChI=1S/C11H24N2OS/c1-10(2)15(14)13-8-6-12(7-9-13)11(3,4)5/h10H,6-9H2,1-5H3. The average Bonchev–Trinajstić information content (AvgIpc) is 2.15. The molecule has 0 saturated carbocycles. The molecule has 0 amide bonds. The van der Waals surface area contributed by atoms with Gasteiger partial charge in [-0.3, -0.25) is 4.90 Å². The van der Waals surface area contributed by atoms with E-state index < -0.39 is 11.0 Å². The first kappa shape index (κ1) is 13.1. The lowest BCUT2D eigenvalue weighted by Crippen LogP contribution is -2.54. The van der Waals surface area contributed by atoms with Crippen LogP contribution in [-0.2, 0) is 11.0 Å². The molecule has 4 heteroatoms. The van der Waals surface area contributed by atoms with Crippen molar-refractivity contribution in [2.45, 2.75) is 45.4 Å². The van der Waals surface area contributed by atoms with Gasteiger partial charge in [0, 0.05) is 37.0 Å². The van der Waals surface area contributed by atoms with Gasteiger partial charge in [-0.05, 0) is 34.6 Å². The molecule has 1 rings (SSSR count). The zero-order chi connectivity index (χ0) is 11.6. The highest BCUT2D eigenvalue weighted by Gasteiger charge is 2.28. The molecule has 0 spiro atoms. The summed E-state index contributed by atoms with van der Waals surface area (Å²) < 4.78 is 14.0. The van der Waals surface area contributed by atoms with Crippen molar-refractivity contribution in [3.8, 4) is 0 Å². The van der Waals surface area contributed by atoms with Crippen LogP contribution in [0, 0.1) is 0 Å². The largest absolute Gasteiger partial charge is 0.296 e. The van der Waals surface area contributed by atoms with E-state index in [0.29, 0.717) is 0 Å². The summed E-state index contributed by atoms with van der Waals surface area (Å²) in [5.41, 5.74) is 0.241. The van der Waals surface area contributed by atoms with Crippen molar-refractivity contribution in [2.75, 3.05) is 26.2 Å². The van der Waals surface area contributed by atoms with E-state index >= 15 is 0 Å². The maximum absolute atomic E-state index is 11.9. The number of hydrogen-bond donors (Lipinski definition) is 0. The highest BCUT2D eigenvalue weighted by molar-refractivity contribution is 7.83. The van der Waals surface area contributed by atoms with Gasteiger partial charge >= 0.3 is 0 Å². The summed E-state index contributed by atoms with van der Waals surface area (Å²) in [5, 5.41) is 0.242. The molecule has 0 aromatic rings. The van der Waals surface area contributed by atoms with Crippen LogP contribution in [0.1, 0.15) is 34.6 Å². The van der Waals surface area contributed by atoms with Gasteiger partial charge in [-0.25, -0.2) is 8.51 Å². The smallest absolute Gasteiger partial charge is 0.0969 e. The molecule has 3 nitrogen and oxygen atoms in total. The molecule has 1 aliphatic rings. The van der Waals surface area contributed by atoms with Gasteiger partial charge in [-0.1, -0.05) is 0 Å². The van der Waals surface area contributed by atoms with Crippen LogP contribution in [-0.4, -0.2) is 50.4 Å². The van der Waals surface area contributed by atoms with Crippen molar-refractivity contribution in [1.82, 2.24) is 9.21 Å². The summed E-state index contributed by atoms with van der Waals surface area (Å²) in [6, 6.07) is 0. The molecule has 1 fully saturated rings. The molecule has 90 valence electrons. The van der Waals surface area contributed by atoms with Crippen LogP contribution in [0.2, 0.25) is 0 Å². The van der Waals surface area contributed by atoms with E-state index in [1.807, 2.05) is 13.8 Å². The molecular weight excluding hydrogens is 208 g/mol. The summed E-state index contributed by atoms with van der Waals surface area (Å²) in [6.45, 7) is 14.7. The van der Waals surface area contributed by atoms with Crippen molar-refractivity contribution < 1.29 is 4.21 Å². The van der Waals surface area contributed by atoms with Crippen LogP contribution in [0.3, 0.4) is 0 Å². The normalized spacial score (nSPS) is 23.3. The number of piperazine rings is 1. The minimum atomic E-state index is -0.793. The zero-order valence-electron chi connectivity index (χ0n) is 10.6. The van der Waals surface area contributed by atoms with E-state index in [1.165, 1.54) is 0 Å². The van der Waals surface area contributed by atoms with E-state index in [0.717, 1.165) is 26.2 Å². The average molecular weight is 232 g/mol. The van der Waals surface area contributed by atoms with E-state index in [4.69, 9.17) is 0 Å². The summed E-state index contributed by atoms with van der Waals surface area (Å²) in [5.74, 6) is 0. The fourth-order valence-electron chi connectivity index (χ4n) is 1.84. The summed E-state index contributed by atoms with van der Waals surface area (Å²) in [4.78, 5) is 2.46. The van der Waals surface area contributed by atoms with E-state index in [9.17, 15) is 4.21 Å². The first-order valence-corrected chi connectivity index (χ1v) is 6.90. The Bertz CT molecular complexity index is 227. The van der Waals surface area contributed by atoms with Crippen LogP contribution >= 0.6 is 0 Å². The van der Waals surface area contributed by atoms with E-state index in [2.05, 4.69) is 30.0 Å². The van der Waals surface area contributed by atoms with Crippen molar-refractivity contribution in [3.05, 3.63) is 0 Å². The molecule has 0 bridgehead atoms.